The van der Waals surface area contributed by atoms with Crippen molar-refractivity contribution in [1.82, 2.24) is 24.3 Å². The molecule has 2 aromatic heterocycles. The van der Waals surface area contributed by atoms with Crippen LogP contribution in [0, 0.1) is 20.8 Å². The molecule has 3 heterocycles. The zero-order valence-electron chi connectivity index (χ0n) is 13.8. The molecule has 9 heteroatoms. The van der Waals surface area contributed by atoms with Gasteiger partial charge in [-0.3, -0.25) is 9.97 Å². The summed E-state index contributed by atoms with van der Waals surface area (Å²) in [4.78, 5) is 32.3. The average Bonchev–Trinajstić information content (AvgIpc) is 2.82. The first kappa shape index (κ1) is 16.2. The summed E-state index contributed by atoms with van der Waals surface area (Å²) in [5.74, 6) is 0.534. The topological polar surface area (TPSA) is 112 Å². The summed E-state index contributed by atoms with van der Waals surface area (Å²) in [6, 6.07) is 0. The van der Waals surface area contributed by atoms with Crippen molar-refractivity contribution in [2.75, 3.05) is 0 Å². The van der Waals surface area contributed by atoms with Gasteiger partial charge in [0.15, 0.2) is 6.23 Å². The van der Waals surface area contributed by atoms with Gasteiger partial charge in [-0.05, 0) is 27.2 Å². The summed E-state index contributed by atoms with van der Waals surface area (Å²) in [5.41, 5.74) is 2.68. The van der Waals surface area contributed by atoms with Crippen molar-refractivity contribution in [3.05, 3.63) is 39.1 Å². The van der Waals surface area contributed by atoms with Gasteiger partial charge in [-0.1, -0.05) is 0 Å². The maximum absolute atomic E-state index is 12.6. The third-order valence-electron chi connectivity index (χ3n) is 4.20. The zero-order chi connectivity index (χ0) is 17.4. The van der Waals surface area contributed by atoms with Crippen LogP contribution < -0.4 is 5.69 Å². The monoisotopic (exact) mass is 333 g/mol. The molecular formula is C15H19N5O4. The van der Waals surface area contributed by atoms with Crippen molar-refractivity contribution < 1.29 is 14.6 Å². The van der Waals surface area contributed by atoms with Crippen molar-refractivity contribution >= 4 is 6.16 Å². The number of aromatic nitrogens is 5. The van der Waals surface area contributed by atoms with E-state index in [1.807, 2.05) is 20.8 Å². The molecule has 0 radical (unpaired) electrons. The third-order valence-corrected chi connectivity index (χ3v) is 4.20. The highest BCUT2D eigenvalue weighted by molar-refractivity contribution is 5.56. The molecule has 0 fully saturated rings. The summed E-state index contributed by atoms with van der Waals surface area (Å²) < 4.78 is 7.44. The molecule has 24 heavy (non-hydrogen) atoms. The van der Waals surface area contributed by atoms with E-state index in [4.69, 9.17) is 9.84 Å². The fourth-order valence-electron chi connectivity index (χ4n) is 2.87. The molecule has 0 bridgehead atoms. The van der Waals surface area contributed by atoms with Crippen molar-refractivity contribution in [1.29, 1.82) is 0 Å². The molecule has 0 aliphatic carbocycles. The lowest BCUT2D eigenvalue weighted by Gasteiger charge is -2.21. The molecule has 0 saturated heterocycles. The second-order valence-corrected chi connectivity index (χ2v) is 5.88. The number of rotatable bonds is 3. The number of aryl methyl sites for hydroxylation is 4. The fraction of sp³-hybridized carbons (Fsp3) is 0.533. The molecule has 1 aliphatic heterocycles. The maximum Gasteiger partial charge on any atom is 0.507 e. The van der Waals surface area contributed by atoms with Crippen LogP contribution in [-0.4, -0.2) is 35.6 Å². The van der Waals surface area contributed by atoms with E-state index in [2.05, 4.69) is 15.1 Å². The Kier molecular flexibility index (Phi) is 4.08. The Bertz CT molecular complexity index is 854. The molecule has 128 valence electrons. The first-order valence-electron chi connectivity index (χ1n) is 7.75. The molecule has 0 saturated carbocycles. The van der Waals surface area contributed by atoms with Crippen LogP contribution in [0.5, 0.6) is 0 Å². The Morgan fingerprint density at radius 2 is 1.96 bits per heavy atom. The van der Waals surface area contributed by atoms with E-state index in [9.17, 15) is 9.59 Å². The highest BCUT2D eigenvalue weighted by atomic mass is 16.7. The van der Waals surface area contributed by atoms with Crippen molar-refractivity contribution in [2.24, 2.45) is 0 Å². The second-order valence-electron chi connectivity index (χ2n) is 5.88. The van der Waals surface area contributed by atoms with E-state index in [-0.39, 0.29) is 6.54 Å². The predicted molar refractivity (Wildman–Crippen MR) is 82.9 cm³/mol. The molecule has 1 atom stereocenters. The number of carboxylic acid groups (broad SMARTS) is 1. The summed E-state index contributed by atoms with van der Waals surface area (Å²) >= 11 is 0. The Balaban J connectivity index is 1.97. The van der Waals surface area contributed by atoms with E-state index in [1.54, 1.807) is 0 Å². The number of hydrogen-bond acceptors (Lipinski definition) is 6. The van der Waals surface area contributed by atoms with Gasteiger partial charge in [-0.2, -0.15) is 5.10 Å². The highest BCUT2D eigenvalue weighted by Crippen LogP contribution is 2.23. The molecular weight excluding hydrogens is 314 g/mol. The Morgan fingerprint density at radius 3 is 2.67 bits per heavy atom. The van der Waals surface area contributed by atoms with E-state index in [0.29, 0.717) is 24.4 Å². The zero-order valence-corrected chi connectivity index (χ0v) is 13.8. The Hall–Kier alpha value is -2.71. The molecule has 3 rings (SSSR count). The van der Waals surface area contributed by atoms with Crippen LogP contribution >= 0.6 is 0 Å². The SMILES string of the molecule is Cc1nc(C)c(Cn2nc3n(c2=O)C(OC(=O)O)CCC3)nc1C. The van der Waals surface area contributed by atoms with E-state index in [0.717, 1.165) is 23.5 Å². The van der Waals surface area contributed by atoms with E-state index >= 15 is 0 Å². The van der Waals surface area contributed by atoms with Crippen LogP contribution in [-0.2, 0) is 17.7 Å². The Labute approximate surface area is 137 Å². The van der Waals surface area contributed by atoms with Gasteiger partial charge < -0.3 is 9.84 Å². The molecule has 0 spiro atoms. The minimum absolute atomic E-state index is 0.193. The van der Waals surface area contributed by atoms with Crippen LogP contribution in [0.25, 0.3) is 0 Å². The summed E-state index contributed by atoms with van der Waals surface area (Å²) in [7, 11) is 0. The molecule has 1 aliphatic rings. The van der Waals surface area contributed by atoms with Crippen LogP contribution in [0.2, 0.25) is 0 Å². The first-order chi connectivity index (χ1) is 11.4. The third kappa shape index (κ3) is 2.89. The fourth-order valence-corrected chi connectivity index (χ4v) is 2.87. The number of carbonyl (C=O) groups is 1. The lowest BCUT2D eigenvalue weighted by molar-refractivity contribution is 0.00392. The molecule has 1 unspecified atom stereocenters. The minimum Gasteiger partial charge on any atom is -0.450 e. The van der Waals surface area contributed by atoms with E-state index in [1.165, 1.54) is 9.25 Å². The smallest absolute Gasteiger partial charge is 0.450 e. The minimum atomic E-state index is -1.40. The second kappa shape index (κ2) is 6.06. The Morgan fingerprint density at radius 1 is 1.25 bits per heavy atom. The van der Waals surface area contributed by atoms with Crippen molar-refractivity contribution in [3.63, 3.8) is 0 Å². The van der Waals surface area contributed by atoms with Gasteiger partial charge in [0.25, 0.3) is 0 Å². The maximum atomic E-state index is 12.6. The molecule has 9 nitrogen and oxygen atoms in total. The first-order valence-corrected chi connectivity index (χ1v) is 7.75. The average molecular weight is 333 g/mol. The summed E-state index contributed by atoms with van der Waals surface area (Å²) in [6.45, 7) is 5.78. The molecule has 1 N–H and O–H groups in total. The number of hydrogen-bond donors (Lipinski definition) is 1. The lowest BCUT2D eigenvalue weighted by atomic mass is 10.1. The van der Waals surface area contributed by atoms with Crippen LogP contribution in [0.1, 0.15) is 47.7 Å². The van der Waals surface area contributed by atoms with Gasteiger partial charge in [-0.25, -0.2) is 18.8 Å². The van der Waals surface area contributed by atoms with Gasteiger partial charge in [0.05, 0.1) is 29.3 Å². The van der Waals surface area contributed by atoms with Crippen molar-refractivity contribution in [3.8, 4) is 0 Å². The van der Waals surface area contributed by atoms with E-state index < -0.39 is 18.1 Å². The largest absolute Gasteiger partial charge is 0.507 e. The molecule has 2 aromatic rings. The highest BCUT2D eigenvalue weighted by Gasteiger charge is 2.28. The lowest BCUT2D eigenvalue weighted by Crippen LogP contribution is -2.33. The van der Waals surface area contributed by atoms with Gasteiger partial charge >= 0.3 is 11.8 Å². The van der Waals surface area contributed by atoms with Gasteiger partial charge in [0.1, 0.15) is 5.82 Å². The van der Waals surface area contributed by atoms with Crippen LogP contribution in [0.4, 0.5) is 4.79 Å². The molecule has 0 amide bonds. The number of ether oxygens (including phenoxy) is 1. The summed E-state index contributed by atoms with van der Waals surface area (Å²) in [5, 5.41) is 13.2. The van der Waals surface area contributed by atoms with Gasteiger partial charge in [-0.15, -0.1) is 0 Å². The normalized spacial score (nSPS) is 16.7. The van der Waals surface area contributed by atoms with Crippen LogP contribution in [0.15, 0.2) is 4.79 Å². The number of nitrogens with zero attached hydrogens (tertiary/aromatic N) is 5. The van der Waals surface area contributed by atoms with Gasteiger partial charge in [0.2, 0.25) is 0 Å². The predicted octanol–water partition coefficient (Wildman–Crippen LogP) is 1.34. The number of fused-ring (bicyclic) bond motifs is 1. The van der Waals surface area contributed by atoms with Gasteiger partial charge in [0, 0.05) is 12.8 Å². The van der Waals surface area contributed by atoms with Crippen LogP contribution in [0.3, 0.4) is 0 Å². The van der Waals surface area contributed by atoms with Crippen molar-refractivity contribution in [2.45, 2.75) is 52.8 Å². The summed E-state index contributed by atoms with van der Waals surface area (Å²) in [6.07, 6.45) is -0.424. The standard InChI is InChI=1S/C15H19N5O4/c1-8-9(2)17-11(10(3)16-8)7-19-14(21)20-12(18-19)5-4-6-13(20)24-15(22)23/h13H,4-7H2,1-3H3,(H,22,23). The quantitative estimate of drug-likeness (QED) is 0.843. The molecule has 0 aromatic carbocycles.